The molecule has 0 aromatic rings. The van der Waals surface area contributed by atoms with Gasteiger partial charge in [-0.15, -0.1) is 11.6 Å². The van der Waals surface area contributed by atoms with Crippen LogP contribution >= 0.6 is 11.6 Å². The molecule has 184 valence electrons. The first-order valence-corrected chi connectivity index (χ1v) is 15.6. The second kappa shape index (κ2) is 11.6. The molecule has 0 aliphatic heterocycles. The molecule has 0 saturated carbocycles. The molecular weight excluding hydrogens is 460 g/mol. The standard InChI is InChI=1S/C21H41ClO7SSi/c1-15(2)17(23)16(3)28-19(24)18(29-31(9,10)20(4,5)6)21(7,8)14-27-30(25,26)13-11-12-22/h15-16,18H,11-14H2,1-10H3/t16-,18-/m0/s1. The average molecular weight is 501 g/mol. The highest BCUT2D eigenvalue weighted by molar-refractivity contribution is 7.86. The van der Waals surface area contributed by atoms with Crippen LogP contribution in [0.2, 0.25) is 18.1 Å². The van der Waals surface area contributed by atoms with E-state index in [2.05, 4.69) is 0 Å². The molecule has 0 bridgehead atoms. The molecule has 0 rings (SSSR count). The van der Waals surface area contributed by atoms with Crippen molar-refractivity contribution in [2.75, 3.05) is 18.2 Å². The summed E-state index contributed by atoms with van der Waals surface area (Å²) < 4.78 is 41.3. The van der Waals surface area contributed by atoms with Crippen molar-refractivity contribution in [3.8, 4) is 0 Å². The zero-order valence-electron chi connectivity index (χ0n) is 20.7. The Balaban J connectivity index is 5.79. The number of alkyl halides is 1. The molecule has 0 aliphatic carbocycles. The quantitative estimate of drug-likeness (QED) is 0.158. The number of carbonyl (C=O) groups excluding carboxylic acids is 2. The Morgan fingerprint density at radius 2 is 1.55 bits per heavy atom. The zero-order chi connectivity index (χ0) is 24.8. The second-order valence-corrected chi connectivity index (χ2v) is 17.3. The van der Waals surface area contributed by atoms with Crippen LogP contribution in [0.1, 0.15) is 61.8 Å². The van der Waals surface area contributed by atoms with Gasteiger partial charge in [-0.25, -0.2) is 4.79 Å². The number of Topliss-reactive ketones (excluding diaryl/α,β-unsaturated/α-hetero) is 1. The molecule has 10 heteroatoms. The van der Waals surface area contributed by atoms with Crippen LogP contribution in [-0.2, 0) is 33.1 Å². The van der Waals surface area contributed by atoms with Crippen LogP contribution in [0, 0.1) is 11.3 Å². The molecule has 0 heterocycles. The number of halogens is 1. The zero-order valence-corrected chi connectivity index (χ0v) is 23.3. The van der Waals surface area contributed by atoms with Gasteiger partial charge in [-0.2, -0.15) is 8.42 Å². The van der Waals surface area contributed by atoms with E-state index in [1.165, 1.54) is 6.92 Å². The molecule has 0 fully saturated rings. The van der Waals surface area contributed by atoms with Gasteiger partial charge in [0.25, 0.3) is 10.1 Å². The lowest BCUT2D eigenvalue weighted by Crippen LogP contribution is -2.53. The molecule has 0 unspecified atom stereocenters. The van der Waals surface area contributed by atoms with Gasteiger partial charge in [-0.1, -0.05) is 48.5 Å². The molecule has 0 saturated heterocycles. The van der Waals surface area contributed by atoms with E-state index >= 15 is 0 Å². The van der Waals surface area contributed by atoms with Crippen molar-refractivity contribution in [3.63, 3.8) is 0 Å². The van der Waals surface area contributed by atoms with Gasteiger partial charge < -0.3 is 9.16 Å². The third-order valence-corrected chi connectivity index (χ3v) is 11.5. The fraction of sp³-hybridized carbons (Fsp3) is 0.905. The number of hydrogen-bond acceptors (Lipinski definition) is 7. The smallest absolute Gasteiger partial charge is 0.335 e. The van der Waals surface area contributed by atoms with Crippen LogP contribution in [0.4, 0.5) is 0 Å². The summed E-state index contributed by atoms with van der Waals surface area (Å²) in [6.07, 6.45) is -1.76. The fourth-order valence-corrected chi connectivity index (χ4v) is 5.12. The highest BCUT2D eigenvalue weighted by Crippen LogP contribution is 2.40. The van der Waals surface area contributed by atoms with Gasteiger partial charge in [-0.3, -0.25) is 8.98 Å². The van der Waals surface area contributed by atoms with Crippen LogP contribution in [0.15, 0.2) is 0 Å². The summed E-state index contributed by atoms with van der Waals surface area (Å²) in [5.41, 5.74) is -1.03. The highest BCUT2D eigenvalue weighted by atomic mass is 35.5. The minimum Gasteiger partial charge on any atom is -0.453 e. The van der Waals surface area contributed by atoms with Crippen LogP contribution in [0.5, 0.6) is 0 Å². The average Bonchev–Trinajstić information content (AvgIpc) is 2.61. The Kier molecular flexibility index (Phi) is 11.4. The number of carbonyl (C=O) groups is 2. The summed E-state index contributed by atoms with van der Waals surface area (Å²) in [5.74, 6) is -1.18. The Morgan fingerprint density at radius 1 is 1.03 bits per heavy atom. The normalized spacial score (nSPS) is 15.6. The van der Waals surface area contributed by atoms with Crippen LogP contribution in [-0.4, -0.2) is 58.9 Å². The molecule has 0 amide bonds. The van der Waals surface area contributed by atoms with Crippen molar-refractivity contribution in [2.24, 2.45) is 11.3 Å². The summed E-state index contributed by atoms with van der Waals surface area (Å²) in [5, 5.41) is -0.200. The summed E-state index contributed by atoms with van der Waals surface area (Å²) in [7, 11) is -6.24. The van der Waals surface area contributed by atoms with E-state index in [4.69, 9.17) is 24.9 Å². The van der Waals surface area contributed by atoms with Crippen LogP contribution in [0.25, 0.3) is 0 Å². The van der Waals surface area contributed by atoms with Gasteiger partial charge in [0.1, 0.15) is 0 Å². The minimum atomic E-state index is -3.79. The molecule has 31 heavy (non-hydrogen) atoms. The number of hydrogen-bond donors (Lipinski definition) is 0. The third kappa shape index (κ3) is 9.90. The first-order chi connectivity index (χ1) is 13.8. The highest BCUT2D eigenvalue weighted by Gasteiger charge is 2.47. The fourth-order valence-electron chi connectivity index (χ4n) is 2.37. The predicted octanol–water partition coefficient (Wildman–Crippen LogP) is 4.54. The Labute approximate surface area is 194 Å². The van der Waals surface area contributed by atoms with Crippen LogP contribution < -0.4 is 0 Å². The van der Waals surface area contributed by atoms with Gasteiger partial charge in [0.05, 0.1) is 12.4 Å². The monoisotopic (exact) mass is 500 g/mol. The van der Waals surface area contributed by atoms with Gasteiger partial charge in [0.2, 0.25) is 0 Å². The number of rotatable bonds is 13. The van der Waals surface area contributed by atoms with Crippen molar-refractivity contribution in [3.05, 3.63) is 0 Å². The van der Waals surface area contributed by atoms with E-state index in [1.807, 2.05) is 33.9 Å². The lowest BCUT2D eigenvalue weighted by molar-refractivity contribution is -0.168. The third-order valence-electron chi connectivity index (χ3n) is 5.54. The Hall–Kier alpha value is -0.483. The lowest BCUT2D eigenvalue weighted by atomic mass is 9.87. The van der Waals surface area contributed by atoms with Crippen molar-refractivity contribution in [2.45, 2.75) is 92.2 Å². The maximum atomic E-state index is 13.1. The van der Waals surface area contributed by atoms with Gasteiger partial charge in [0.15, 0.2) is 26.3 Å². The Morgan fingerprint density at radius 3 is 1.97 bits per heavy atom. The lowest BCUT2D eigenvalue weighted by Gasteiger charge is -2.43. The first-order valence-electron chi connectivity index (χ1n) is 10.6. The molecule has 0 N–H and O–H groups in total. The molecule has 0 aliphatic rings. The van der Waals surface area contributed by atoms with Gasteiger partial charge >= 0.3 is 5.97 Å². The minimum absolute atomic E-state index is 0.197. The SMILES string of the molecule is CC(C)C(=O)[C@H](C)OC(=O)[C@H](O[Si](C)(C)C(C)(C)C)C(C)(C)COS(=O)(=O)CCCCl. The Bertz CT molecular complexity index is 712. The van der Waals surface area contributed by atoms with Crippen molar-refractivity contribution < 1.29 is 31.4 Å². The van der Waals surface area contributed by atoms with E-state index < -0.39 is 42.0 Å². The summed E-state index contributed by atoms with van der Waals surface area (Å²) in [6.45, 7) is 18.2. The van der Waals surface area contributed by atoms with E-state index in [1.54, 1.807) is 27.7 Å². The molecule has 0 spiro atoms. The molecule has 0 radical (unpaired) electrons. The summed E-state index contributed by atoms with van der Waals surface area (Å²) in [4.78, 5) is 25.4. The second-order valence-electron chi connectivity index (χ2n) is 10.4. The number of ether oxygens (including phenoxy) is 1. The maximum Gasteiger partial charge on any atom is 0.335 e. The maximum absolute atomic E-state index is 13.1. The number of ketones is 1. The molecular formula is C21H41ClO7SSi. The van der Waals surface area contributed by atoms with Crippen molar-refractivity contribution >= 4 is 41.8 Å². The molecule has 7 nitrogen and oxygen atoms in total. The van der Waals surface area contributed by atoms with Crippen molar-refractivity contribution in [1.82, 2.24) is 0 Å². The first kappa shape index (κ1) is 30.5. The topological polar surface area (TPSA) is 96.0 Å². The summed E-state index contributed by atoms with van der Waals surface area (Å²) >= 11 is 5.58. The van der Waals surface area contributed by atoms with E-state index in [0.29, 0.717) is 0 Å². The predicted molar refractivity (Wildman–Crippen MR) is 126 cm³/mol. The van der Waals surface area contributed by atoms with E-state index in [9.17, 15) is 18.0 Å². The van der Waals surface area contributed by atoms with E-state index in [-0.39, 0.29) is 41.4 Å². The van der Waals surface area contributed by atoms with Crippen LogP contribution in [0.3, 0.4) is 0 Å². The molecule has 2 atom stereocenters. The van der Waals surface area contributed by atoms with Gasteiger partial charge in [-0.05, 0) is 31.5 Å². The van der Waals surface area contributed by atoms with E-state index in [0.717, 1.165) is 0 Å². The van der Waals surface area contributed by atoms with Gasteiger partial charge in [0, 0.05) is 17.2 Å². The van der Waals surface area contributed by atoms with Crippen molar-refractivity contribution in [1.29, 1.82) is 0 Å². The molecule has 0 aromatic heterocycles. The largest absolute Gasteiger partial charge is 0.453 e. The summed E-state index contributed by atoms with van der Waals surface area (Å²) in [6, 6.07) is 0. The molecule has 0 aromatic carbocycles. The number of esters is 1.